The summed E-state index contributed by atoms with van der Waals surface area (Å²) < 4.78 is 77.5. The van der Waals surface area contributed by atoms with Crippen molar-refractivity contribution < 1.29 is 31.1 Å². The van der Waals surface area contributed by atoms with Crippen LogP contribution in [0.1, 0.15) is 21.5 Å². The molecule has 0 radical (unpaired) electrons. The van der Waals surface area contributed by atoms with Crippen LogP contribution in [0.2, 0.25) is 0 Å². The summed E-state index contributed by atoms with van der Waals surface area (Å²) in [4.78, 5) is 18.9. The molecular weight excluding hydrogens is 438 g/mol. The van der Waals surface area contributed by atoms with Crippen molar-refractivity contribution in [2.24, 2.45) is 0 Å². The Hall–Kier alpha value is -3.21. The van der Waals surface area contributed by atoms with Gasteiger partial charge >= 0.3 is 12.4 Å². The fraction of sp³-hybridized carbons (Fsp3) is 0.111. The van der Waals surface area contributed by atoms with E-state index in [4.69, 9.17) is 5.73 Å². The van der Waals surface area contributed by atoms with Crippen molar-refractivity contribution in [3.63, 3.8) is 0 Å². The number of rotatable bonds is 3. The van der Waals surface area contributed by atoms with Crippen LogP contribution in [0, 0.1) is 0 Å². The normalized spacial score (nSPS) is 11.7. The van der Waals surface area contributed by atoms with Gasteiger partial charge in [-0.15, -0.1) is 12.4 Å². The quantitative estimate of drug-likeness (QED) is 0.469. The van der Waals surface area contributed by atoms with Crippen molar-refractivity contribution >= 4 is 29.9 Å². The molecular formula is C18H13ClF6N4O. The predicted octanol–water partition coefficient (Wildman–Crippen LogP) is 5.37. The van der Waals surface area contributed by atoms with Crippen molar-refractivity contribution in [3.8, 4) is 11.3 Å². The molecule has 0 bridgehead atoms. The summed E-state index contributed by atoms with van der Waals surface area (Å²) in [6.45, 7) is 0. The van der Waals surface area contributed by atoms with E-state index >= 15 is 0 Å². The number of hydrogen-bond donors (Lipinski definition) is 3. The van der Waals surface area contributed by atoms with Crippen molar-refractivity contribution in [1.29, 1.82) is 0 Å². The topological polar surface area (TPSA) is 83.8 Å². The number of nitrogens with two attached hydrogens (primary N) is 1. The molecule has 3 aromatic rings. The Bertz CT molecular complexity index is 1010. The van der Waals surface area contributed by atoms with E-state index in [1.165, 1.54) is 18.3 Å². The summed E-state index contributed by atoms with van der Waals surface area (Å²) >= 11 is 0. The molecule has 0 unspecified atom stereocenters. The smallest absolute Gasteiger partial charge is 0.369 e. The standard InChI is InChI=1S/C18H12F6N4O.ClH/c19-17(20,21)11-5-10(6-12(7-11)18(22,23)24)15(29)27-13-3-1-9(2-4-13)14-8-26-16(25)28-14;/h1-8H,(H,27,29)(H3,25,26,28);1H. The highest BCUT2D eigenvalue weighted by molar-refractivity contribution is 6.04. The summed E-state index contributed by atoms with van der Waals surface area (Å²) in [6.07, 6.45) is -8.60. The van der Waals surface area contributed by atoms with Crippen molar-refractivity contribution in [2.45, 2.75) is 12.4 Å². The third-order valence-corrected chi connectivity index (χ3v) is 3.90. The maximum absolute atomic E-state index is 12.9. The van der Waals surface area contributed by atoms with E-state index in [2.05, 4.69) is 15.3 Å². The Kier molecular flexibility index (Phi) is 6.36. The zero-order valence-electron chi connectivity index (χ0n) is 14.7. The third-order valence-electron chi connectivity index (χ3n) is 3.90. The molecule has 160 valence electrons. The fourth-order valence-electron chi connectivity index (χ4n) is 2.51. The van der Waals surface area contributed by atoms with Gasteiger partial charge in [0.2, 0.25) is 0 Å². The van der Waals surface area contributed by atoms with Crippen LogP contribution in [0.3, 0.4) is 0 Å². The van der Waals surface area contributed by atoms with Crippen LogP contribution in [0.4, 0.5) is 38.0 Å². The number of hydrogen-bond acceptors (Lipinski definition) is 3. The molecule has 0 aliphatic rings. The van der Waals surface area contributed by atoms with E-state index < -0.39 is 35.0 Å². The number of nitrogens with one attached hydrogen (secondary N) is 2. The van der Waals surface area contributed by atoms with Crippen LogP contribution < -0.4 is 11.1 Å². The Labute approximate surface area is 171 Å². The molecule has 0 saturated heterocycles. The van der Waals surface area contributed by atoms with Crippen LogP contribution in [0.5, 0.6) is 0 Å². The molecule has 1 heterocycles. The molecule has 1 aromatic heterocycles. The molecule has 2 aromatic carbocycles. The van der Waals surface area contributed by atoms with Crippen LogP contribution in [-0.2, 0) is 12.4 Å². The number of alkyl halides is 6. The minimum atomic E-state index is -5.04. The molecule has 4 N–H and O–H groups in total. The second kappa shape index (κ2) is 8.27. The number of carbonyl (C=O) groups is 1. The molecule has 0 saturated carbocycles. The van der Waals surface area contributed by atoms with Crippen molar-refractivity contribution in [3.05, 3.63) is 65.4 Å². The lowest BCUT2D eigenvalue weighted by Crippen LogP contribution is -2.17. The third kappa shape index (κ3) is 5.23. The van der Waals surface area contributed by atoms with Gasteiger partial charge in [0, 0.05) is 11.3 Å². The van der Waals surface area contributed by atoms with Gasteiger partial charge in [0.05, 0.1) is 23.0 Å². The number of benzene rings is 2. The zero-order valence-corrected chi connectivity index (χ0v) is 15.5. The average molecular weight is 451 g/mol. The number of nitrogen functional groups attached to an aromatic ring is 1. The summed E-state index contributed by atoms with van der Waals surface area (Å²) in [7, 11) is 0. The maximum atomic E-state index is 12.9. The van der Waals surface area contributed by atoms with Gasteiger partial charge in [0.25, 0.3) is 5.91 Å². The minimum Gasteiger partial charge on any atom is -0.369 e. The first kappa shape index (κ1) is 23.1. The molecule has 5 nitrogen and oxygen atoms in total. The Balaban J connectivity index is 0.00000320. The number of amides is 1. The van der Waals surface area contributed by atoms with E-state index in [1.807, 2.05) is 0 Å². The number of H-pyrrole nitrogens is 1. The minimum absolute atomic E-state index is 0. The lowest BCUT2D eigenvalue weighted by atomic mass is 10.0. The van der Waals surface area contributed by atoms with Crippen LogP contribution >= 0.6 is 12.4 Å². The first-order valence-corrected chi connectivity index (χ1v) is 7.95. The Morgan fingerprint density at radius 2 is 1.47 bits per heavy atom. The Morgan fingerprint density at radius 3 is 1.90 bits per heavy atom. The SMILES string of the molecule is Cl.Nc1ncc(-c2ccc(NC(=O)c3cc(C(F)(F)F)cc(C(F)(F)F)c3)cc2)[nH]1. The zero-order chi connectivity index (χ0) is 21.4. The van der Waals surface area contributed by atoms with E-state index in [-0.39, 0.29) is 30.1 Å². The lowest BCUT2D eigenvalue weighted by molar-refractivity contribution is -0.143. The van der Waals surface area contributed by atoms with Crippen molar-refractivity contribution in [2.75, 3.05) is 11.1 Å². The number of aromatic nitrogens is 2. The van der Waals surface area contributed by atoms with Gasteiger partial charge in [-0.3, -0.25) is 4.79 Å². The highest BCUT2D eigenvalue weighted by Gasteiger charge is 2.37. The molecule has 0 aliphatic carbocycles. The highest BCUT2D eigenvalue weighted by atomic mass is 35.5. The fourth-order valence-corrected chi connectivity index (χ4v) is 2.51. The van der Waals surface area contributed by atoms with Gasteiger partial charge in [-0.2, -0.15) is 26.3 Å². The van der Waals surface area contributed by atoms with Gasteiger partial charge in [0.15, 0.2) is 5.95 Å². The first-order chi connectivity index (χ1) is 13.4. The van der Waals surface area contributed by atoms with Gasteiger partial charge in [-0.1, -0.05) is 12.1 Å². The van der Waals surface area contributed by atoms with E-state index in [0.29, 0.717) is 23.4 Å². The van der Waals surface area contributed by atoms with E-state index in [0.717, 1.165) is 0 Å². The van der Waals surface area contributed by atoms with Gasteiger partial charge in [-0.25, -0.2) is 4.98 Å². The van der Waals surface area contributed by atoms with Gasteiger partial charge in [0.1, 0.15) is 0 Å². The number of carbonyl (C=O) groups excluding carboxylic acids is 1. The van der Waals surface area contributed by atoms with Crippen LogP contribution in [0.25, 0.3) is 11.3 Å². The largest absolute Gasteiger partial charge is 0.416 e. The van der Waals surface area contributed by atoms with E-state index in [1.54, 1.807) is 12.1 Å². The monoisotopic (exact) mass is 450 g/mol. The number of aromatic amines is 1. The predicted molar refractivity (Wildman–Crippen MR) is 100 cm³/mol. The summed E-state index contributed by atoms with van der Waals surface area (Å²) in [5.74, 6) is -0.914. The molecule has 30 heavy (non-hydrogen) atoms. The summed E-state index contributed by atoms with van der Waals surface area (Å²) in [5.41, 5.74) is 3.01. The van der Waals surface area contributed by atoms with Gasteiger partial charge in [-0.05, 0) is 35.9 Å². The number of halogens is 7. The summed E-state index contributed by atoms with van der Waals surface area (Å²) in [6, 6.07) is 6.69. The molecule has 0 atom stereocenters. The highest BCUT2D eigenvalue weighted by Crippen LogP contribution is 2.36. The number of imidazole rings is 1. The second-order valence-corrected chi connectivity index (χ2v) is 6.01. The molecule has 3 rings (SSSR count). The van der Waals surface area contributed by atoms with Gasteiger partial charge < -0.3 is 16.0 Å². The van der Waals surface area contributed by atoms with Crippen LogP contribution in [-0.4, -0.2) is 15.9 Å². The first-order valence-electron chi connectivity index (χ1n) is 7.95. The molecule has 0 spiro atoms. The molecule has 0 aliphatic heterocycles. The molecule has 0 fully saturated rings. The average Bonchev–Trinajstić information content (AvgIpc) is 3.07. The molecule has 12 heteroatoms. The second-order valence-electron chi connectivity index (χ2n) is 6.01. The number of nitrogens with zero attached hydrogens (tertiary/aromatic N) is 1. The molecule has 1 amide bonds. The number of anilines is 2. The Morgan fingerprint density at radius 1 is 0.933 bits per heavy atom. The maximum Gasteiger partial charge on any atom is 0.416 e. The summed E-state index contributed by atoms with van der Waals surface area (Å²) in [5, 5.41) is 2.28. The lowest BCUT2D eigenvalue weighted by Gasteiger charge is -2.14. The van der Waals surface area contributed by atoms with E-state index in [9.17, 15) is 31.1 Å². The van der Waals surface area contributed by atoms with Crippen LogP contribution in [0.15, 0.2) is 48.7 Å². The van der Waals surface area contributed by atoms with Crippen molar-refractivity contribution in [1.82, 2.24) is 9.97 Å².